The fraction of sp³-hybridized carbons (Fsp3) is 0.350. The minimum Gasteiger partial charge on any atom is -0.493 e. The zero-order valence-corrected chi connectivity index (χ0v) is 14.9. The highest BCUT2D eigenvalue weighted by Gasteiger charge is 2.15. The first kappa shape index (κ1) is 17.3. The maximum Gasteiger partial charge on any atom is 0.169 e. The maximum atomic E-state index is 5.45. The molecule has 3 rings (SSSR count). The molecule has 0 N–H and O–H groups in total. The second-order valence-corrected chi connectivity index (χ2v) is 6.04. The van der Waals surface area contributed by atoms with Crippen LogP contribution < -0.4 is 9.47 Å². The van der Waals surface area contributed by atoms with E-state index in [1.54, 1.807) is 14.2 Å². The summed E-state index contributed by atoms with van der Waals surface area (Å²) in [6, 6.07) is 16.4. The van der Waals surface area contributed by atoms with Gasteiger partial charge in [-0.15, -0.1) is 0 Å². The molecule has 25 heavy (non-hydrogen) atoms. The predicted octanol–water partition coefficient (Wildman–Crippen LogP) is 2.86. The van der Waals surface area contributed by atoms with Gasteiger partial charge in [-0.3, -0.25) is 9.91 Å². The minimum absolute atomic E-state index is 0.719. The van der Waals surface area contributed by atoms with Gasteiger partial charge in [0, 0.05) is 38.3 Å². The second-order valence-electron chi connectivity index (χ2n) is 6.04. The van der Waals surface area contributed by atoms with E-state index in [9.17, 15) is 0 Å². The first-order chi connectivity index (χ1) is 12.3. The average molecular weight is 339 g/mol. The molecule has 0 radical (unpaired) electrons. The smallest absolute Gasteiger partial charge is 0.169 e. The first-order valence-corrected chi connectivity index (χ1v) is 8.56. The van der Waals surface area contributed by atoms with Crippen molar-refractivity contribution in [3.63, 3.8) is 0 Å². The number of benzene rings is 2. The number of hydrazone groups is 1. The summed E-state index contributed by atoms with van der Waals surface area (Å²) in [6.07, 6.45) is 1.86. The number of methoxy groups -OCH3 is 2. The Balaban J connectivity index is 1.56. The molecule has 1 aliphatic heterocycles. The van der Waals surface area contributed by atoms with Crippen molar-refractivity contribution in [1.29, 1.82) is 0 Å². The van der Waals surface area contributed by atoms with Crippen molar-refractivity contribution in [2.45, 2.75) is 6.54 Å². The van der Waals surface area contributed by atoms with Crippen LogP contribution in [-0.4, -0.2) is 56.5 Å². The van der Waals surface area contributed by atoms with Crippen LogP contribution in [0.4, 0.5) is 0 Å². The van der Waals surface area contributed by atoms with E-state index >= 15 is 0 Å². The van der Waals surface area contributed by atoms with Crippen molar-refractivity contribution >= 4 is 6.21 Å². The van der Waals surface area contributed by atoms with Gasteiger partial charge in [-0.2, -0.15) is 5.10 Å². The summed E-state index contributed by atoms with van der Waals surface area (Å²) in [5, 5.41) is 6.74. The van der Waals surface area contributed by atoms with Gasteiger partial charge in [0.05, 0.1) is 20.4 Å². The topological polar surface area (TPSA) is 37.3 Å². The molecular formula is C20H25N3O2. The number of nitrogens with zero attached hydrogens (tertiary/aromatic N) is 3. The lowest BCUT2D eigenvalue weighted by Crippen LogP contribution is -2.43. The van der Waals surface area contributed by atoms with Crippen molar-refractivity contribution in [1.82, 2.24) is 9.91 Å². The fourth-order valence-corrected chi connectivity index (χ4v) is 3.01. The first-order valence-electron chi connectivity index (χ1n) is 8.56. The van der Waals surface area contributed by atoms with Gasteiger partial charge in [-0.1, -0.05) is 36.4 Å². The van der Waals surface area contributed by atoms with Crippen molar-refractivity contribution in [2.24, 2.45) is 5.10 Å². The van der Waals surface area contributed by atoms with E-state index in [0.717, 1.165) is 49.8 Å². The van der Waals surface area contributed by atoms with Gasteiger partial charge in [0.2, 0.25) is 0 Å². The minimum atomic E-state index is 0.719. The van der Waals surface area contributed by atoms with Crippen LogP contribution in [0.3, 0.4) is 0 Å². The quantitative estimate of drug-likeness (QED) is 0.759. The van der Waals surface area contributed by atoms with Crippen LogP contribution in [0.2, 0.25) is 0 Å². The van der Waals surface area contributed by atoms with Crippen molar-refractivity contribution < 1.29 is 9.47 Å². The Bertz CT molecular complexity index is 695. The molecule has 0 atom stereocenters. The number of para-hydroxylation sites is 1. The third kappa shape index (κ3) is 4.51. The molecule has 0 spiro atoms. The molecule has 1 aliphatic rings. The highest BCUT2D eigenvalue weighted by atomic mass is 16.5. The Labute approximate surface area is 149 Å². The van der Waals surface area contributed by atoms with E-state index in [0.29, 0.717) is 0 Å². The lowest BCUT2D eigenvalue weighted by molar-refractivity contribution is 0.131. The standard InChI is InChI=1S/C20H25N3O2/c1-24-19-10-6-9-18(20(19)25-2)15-21-23-13-11-22(12-14-23)16-17-7-4-3-5-8-17/h3-10,15H,11-14,16H2,1-2H3/b21-15+. The summed E-state index contributed by atoms with van der Waals surface area (Å²) in [7, 11) is 3.29. The average Bonchev–Trinajstić information content (AvgIpc) is 2.67. The summed E-state index contributed by atoms with van der Waals surface area (Å²) >= 11 is 0. The molecule has 2 aromatic carbocycles. The highest BCUT2D eigenvalue weighted by Crippen LogP contribution is 2.29. The molecular weight excluding hydrogens is 314 g/mol. The monoisotopic (exact) mass is 339 g/mol. The van der Waals surface area contributed by atoms with Gasteiger partial charge in [0.1, 0.15) is 0 Å². The van der Waals surface area contributed by atoms with E-state index in [2.05, 4.69) is 45.3 Å². The largest absolute Gasteiger partial charge is 0.493 e. The maximum absolute atomic E-state index is 5.45. The summed E-state index contributed by atoms with van der Waals surface area (Å²) in [4.78, 5) is 2.47. The molecule has 0 bridgehead atoms. The van der Waals surface area contributed by atoms with E-state index < -0.39 is 0 Å². The normalized spacial score (nSPS) is 15.5. The van der Waals surface area contributed by atoms with Gasteiger partial charge in [0.25, 0.3) is 0 Å². The highest BCUT2D eigenvalue weighted by molar-refractivity contribution is 5.84. The molecule has 0 aromatic heterocycles. The van der Waals surface area contributed by atoms with Gasteiger partial charge < -0.3 is 9.47 Å². The number of hydrogen-bond acceptors (Lipinski definition) is 5. The van der Waals surface area contributed by atoms with Crippen LogP contribution in [0.1, 0.15) is 11.1 Å². The van der Waals surface area contributed by atoms with Crippen LogP contribution >= 0.6 is 0 Å². The summed E-state index contributed by atoms with van der Waals surface area (Å²) in [5.41, 5.74) is 2.29. The Kier molecular flexibility index (Phi) is 5.90. The Morgan fingerprint density at radius 3 is 2.36 bits per heavy atom. The number of piperazine rings is 1. The van der Waals surface area contributed by atoms with Crippen LogP contribution in [0.15, 0.2) is 53.6 Å². The number of ether oxygens (including phenoxy) is 2. The fourth-order valence-electron chi connectivity index (χ4n) is 3.01. The number of hydrogen-bond donors (Lipinski definition) is 0. The molecule has 1 fully saturated rings. The molecule has 0 unspecified atom stereocenters. The third-order valence-corrected chi connectivity index (χ3v) is 4.39. The second kappa shape index (κ2) is 8.53. The summed E-state index contributed by atoms with van der Waals surface area (Å²) in [6.45, 7) is 4.89. The molecule has 5 heteroatoms. The molecule has 132 valence electrons. The molecule has 0 saturated carbocycles. The lowest BCUT2D eigenvalue weighted by atomic mass is 10.2. The Morgan fingerprint density at radius 2 is 1.68 bits per heavy atom. The molecule has 0 amide bonds. The van der Waals surface area contributed by atoms with Crippen LogP contribution in [0, 0.1) is 0 Å². The van der Waals surface area contributed by atoms with Crippen LogP contribution in [0.5, 0.6) is 11.5 Å². The Morgan fingerprint density at radius 1 is 0.920 bits per heavy atom. The van der Waals surface area contributed by atoms with Crippen LogP contribution in [-0.2, 0) is 6.54 Å². The van der Waals surface area contributed by atoms with Gasteiger partial charge in [-0.05, 0) is 17.7 Å². The molecule has 2 aromatic rings. The van der Waals surface area contributed by atoms with E-state index in [1.807, 2.05) is 24.4 Å². The van der Waals surface area contributed by atoms with E-state index in [1.165, 1.54) is 5.56 Å². The van der Waals surface area contributed by atoms with E-state index in [4.69, 9.17) is 9.47 Å². The third-order valence-electron chi connectivity index (χ3n) is 4.39. The summed E-state index contributed by atoms with van der Waals surface area (Å²) < 4.78 is 10.8. The van der Waals surface area contributed by atoms with Gasteiger partial charge >= 0.3 is 0 Å². The number of rotatable bonds is 6. The zero-order chi connectivity index (χ0) is 17.5. The molecule has 1 saturated heterocycles. The van der Waals surface area contributed by atoms with E-state index in [-0.39, 0.29) is 0 Å². The predicted molar refractivity (Wildman–Crippen MR) is 100 cm³/mol. The van der Waals surface area contributed by atoms with Gasteiger partial charge in [-0.25, -0.2) is 0 Å². The SMILES string of the molecule is COc1cccc(/C=N/N2CCN(Cc3ccccc3)CC2)c1OC. The van der Waals surface area contributed by atoms with Gasteiger partial charge in [0.15, 0.2) is 11.5 Å². The van der Waals surface area contributed by atoms with Crippen molar-refractivity contribution in [3.8, 4) is 11.5 Å². The molecule has 0 aliphatic carbocycles. The Hall–Kier alpha value is -2.53. The van der Waals surface area contributed by atoms with Crippen molar-refractivity contribution in [3.05, 3.63) is 59.7 Å². The van der Waals surface area contributed by atoms with Crippen LogP contribution in [0.25, 0.3) is 0 Å². The summed E-state index contributed by atoms with van der Waals surface area (Å²) in [5.74, 6) is 1.44. The molecule has 5 nitrogen and oxygen atoms in total. The lowest BCUT2D eigenvalue weighted by Gasteiger charge is -2.33. The zero-order valence-electron chi connectivity index (χ0n) is 14.9. The molecule has 1 heterocycles. The van der Waals surface area contributed by atoms with Crippen molar-refractivity contribution in [2.75, 3.05) is 40.4 Å².